The SMILES string of the molecule is Cl.Nc1c(F)cc(C(CO)NC2CCCCC2)cc1Br. The third-order valence-corrected chi connectivity index (χ3v) is 4.38. The van der Waals surface area contributed by atoms with Crippen molar-refractivity contribution in [2.45, 2.75) is 44.2 Å². The van der Waals surface area contributed by atoms with E-state index < -0.39 is 5.82 Å². The van der Waals surface area contributed by atoms with Crippen LogP contribution in [0.1, 0.15) is 43.7 Å². The molecule has 20 heavy (non-hydrogen) atoms. The second kappa shape index (κ2) is 8.17. The number of aliphatic hydroxyl groups excluding tert-OH is 1. The molecule has 1 aromatic carbocycles. The summed E-state index contributed by atoms with van der Waals surface area (Å²) >= 11 is 3.25. The summed E-state index contributed by atoms with van der Waals surface area (Å²) in [6, 6.07) is 3.34. The Kier molecular flexibility index (Phi) is 7.23. The van der Waals surface area contributed by atoms with Crippen molar-refractivity contribution in [1.82, 2.24) is 5.32 Å². The normalized spacial score (nSPS) is 17.6. The van der Waals surface area contributed by atoms with Crippen LogP contribution in [0.5, 0.6) is 0 Å². The molecule has 1 fully saturated rings. The third kappa shape index (κ3) is 4.32. The molecule has 0 amide bonds. The van der Waals surface area contributed by atoms with Gasteiger partial charge in [-0.3, -0.25) is 0 Å². The summed E-state index contributed by atoms with van der Waals surface area (Å²) in [5.74, 6) is -0.451. The molecule has 0 aromatic heterocycles. The van der Waals surface area contributed by atoms with E-state index in [1.54, 1.807) is 6.07 Å². The molecule has 1 aliphatic carbocycles. The molecule has 0 spiro atoms. The Hall–Kier alpha value is -0.360. The van der Waals surface area contributed by atoms with E-state index in [1.807, 2.05) is 0 Å². The van der Waals surface area contributed by atoms with E-state index in [0.717, 1.165) is 18.4 Å². The van der Waals surface area contributed by atoms with E-state index in [4.69, 9.17) is 5.73 Å². The number of nitrogens with two attached hydrogens (primary N) is 1. The first-order chi connectivity index (χ1) is 9.11. The number of benzene rings is 1. The lowest BCUT2D eigenvalue weighted by Gasteiger charge is -2.28. The van der Waals surface area contributed by atoms with Crippen molar-refractivity contribution in [2.75, 3.05) is 12.3 Å². The van der Waals surface area contributed by atoms with Crippen LogP contribution < -0.4 is 11.1 Å². The Balaban J connectivity index is 0.00000200. The van der Waals surface area contributed by atoms with Gasteiger partial charge < -0.3 is 16.2 Å². The van der Waals surface area contributed by atoms with Gasteiger partial charge in [-0.25, -0.2) is 4.39 Å². The van der Waals surface area contributed by atoms with Crippen LogP contribution >= 0.6 is 28.3 Å². The highest BCUT2D eigenvalue weighted by Crippen LogP contribution is 2.28. The van der Waals surface area contributed by atoms with E-state index in [-0.39, 0.29) is 30.7 Å². The Morgan fingerprint density at radius 3 is 2.55 bits per heavy atom. The van der Waals surface area contributed by atoms with Gasteiger partial charge in [-0.15, -0.1) is 12.4 Å². The quantitative estimate of drug-likeness (QED) is 0.713. The fourth-order valence-electron chi connectivity index (χ4n) is 2.61. The minimum absolute atomic E-state index is 0. The fourth-order valence-corrected chi connectivity index (χ4v) is 3.07. The molecule has 2 rings (SSSR count). The van der Waals surface area contributed by atoms with Crippen LogP contribution in [0, 0.1) is 5.82 Å². The van der Waals surface area contributed by atoms with Gasteiger partial charge in [-0.1, -0.05) is 19.3 Å². The molecule has 0 radical (unpaired) electrons. The van der Waals surface area contributed by atoms with Gasteiger partial charge in [0.05, 0.1) is 18.3 Å². The minimum Gasteiger partial charge on any atom is -0.395 e. The molecule has 1 atom stereocenters. The van der Waals surface area contributed by atoms with Crippen molar-refractivity contribution in [1.29, 1.82) is 0 Å². The molecule has 0 aliphatic heterocycles. The highest BCUT2D eigenvalue weighted by atomic mass is 79.9. The molecule has 0 heterocycles. The summed E-state index contributed by atoms with van der Waals surface area (Å²) in [4.78, 5) is 0. The smallest absolute Gasteiger partial charge is 0.147 e. The van der Waals surface area contributed by atoms with Crippen LogP contribution in [-0.2, 0) is 0 Å². The van der Waals surface area contributed by atoms with Crippen molar-refractivity contribution >= 4 is 34.0 Å². The zero-order valence-electron chi connectivity index (χ0n) is 11.2. The van der Waals surface area contributed by atoms with Gasteiger partial charge in [0.2, 0.25) is 0 Å². The molecule has 3 nitrogen and oxygen atoms in total. The van der Waals surface area contributed by atoms with Crippen LogP contribution in [0.2, 0.25) is 0 Å². The second-order valence-electron chi connectivity index (χ2n) is 5.13. The molecule has 0 bridgehead atoms. The Labute approximate surface area is 133 Å². The average Bonchev–Trinajstić information content (AvgIpc) is 2.42. The largest absolute Gasteiger partial charge is 0.395 e. The number of nitrogens with one attached hydrogen (secondary N) is 1. The standard InChI is InChI=1S/C14H20BrFN2O.ClH/c15-11-6-9(7-12(16)14(11)17)13(8-19)18-10-4-2-1-3-5-10;/h6-7,10,13,18-19H,1-5,8,17H2;1H. The van der Waals surface area contributed by atoms with Gasteiger partial charge in [0.25, 0.3) is 0 Å². The lowest BCUT2D eigenvalue weighted by atomic mass is 9.94. The summed E-state index contributed by atoms with van der Waals surface area (Å²) in [6.45, 7) is -0.0493. The zero-order valence-corrected chi connectivity index (χ0v) is 13.6. The molecule has 1 aromatic rings. The summed E-state index contributed by atoms with van der Waals surface area (Å²) < 4.78 is 14.2. The highest BCUT2D eigenvalue weighted by Gasteiger charge is 2.20. The van der Waals surface area contributed by atoms with Crippen molar-refractivity contribution in [3.05, 3.63) is 28.0 Å². The van der Waals surface area contributed by atoms with Gasteiger partial charge in [-0.2, -0.15) is 0 Å². The van der Waals surface area contributed by atoms with Crippen LogP contribution in [0.4, 0.5) is 10.1 Å². The van der Waals surface area contributed by atoms with Crippen LogP contribution in [0.25, 0.3) is 0 Å². The van der Waals surface area contributed by atoms with Crippen LogP contribution in [0.3, 0.4) is 0 Å². The van der Waals surface area contributed by atoms with Gasteiger partial charge in [0.1, 0.15) is 5.82 Å². The Morgan fingerprint density at radius 2 is 2.00 bits per heavy atom. The molecule has 114 valence electrons. The molecule has 1 saturated carbocycles. The predicted octanol–water partition coefficient (Wildman–Crippen LogP) is 3.55. The maximum atomic E-state index is 13.7. The van der Waals surface area contributed by atoms with Gasteiger partial charge in [0, 0.05) is 10.5 Å². The van der Waals surface area contributed by atoms with E-state index in [2.05, 4.69) is 21.2 Å². The third-order valence-electron chi connectivity index (χ3n) is 3.73. The van der Waals surface area contributed by atoms with Crippen molar-refractivity contribution in [2.24, 2.45) is 0 Å². The van der Waals surface area contributed by atoms with Crippen molar-refractivity contribution in [3.8, 4) is 0 Å². The molecular weight excluding hydrogens is 347 g/mol. The molecule has 1 unspecified atom stereocenters. The first kappa shape index (κ1) is 17.7. The Morgan fingerprint density at radius 1 is 1.35 bits per heavy atom. The Bertz CT molecular complexity index is 418. The maximum absolute atomic E-state index is 13.7. The van der Waals surface area contributed by atoms with Crippen LogP contribution in [0.15, 0.2) is 16.6 Å². The number of halogens is 3. The number of nitrogen functional groups attached to an aromatic ring is 1. The number of hydrogen-bond donors (Lipinski definition) is 3. The summed E-state index contributed by atoms with van der Waals surface area (Å²) in [7, 11) is 0. The summed E-state index contributed by atoms with van der Waals surface area (Å²) in [6.07, 6.45) is 5.96. The topological polar surface area (TPSA) is 58.3 Å². The minimum atomic E-state index is -0.451. The lowest BCUT2D eigenvalue weighted by Crippen LogP contribution is -2.36. The van der Waals surface area contributed by atoms with Crippen molar-refractivity contribution in [3.63, 3.8) is 0 Å². The lowest BCUT2D eigenvalue weighted by molar-refractivity contribution is 0.220. The number of anilines is 1. The first-order valence-corrected chi connectivity index (χ1v) is 7.52. The van der Waals surface area contributed by atoms with E-state index in [0.29, 0.717) is 10.5 Å². The van der Waals surface area contributed by atoms with E-state index in [1.165, 1.54) is 25.3 Å². The number of rotatable bonds is 4. The maximum Gasteiger partial charge on any atom is 0.147 e. The molecule has 6 heteroatoms. The molecular formula is C14H21BrClFN2O. The zero-order chi connectivity index (χ0) is 13.8. The predicted molar refractivity (Wildman–Crippen MR) is 85.6 cm³/mol. The average molecular weight is 368 g/mol. The number of aliphatic hydroxyl groups is 1. The first-order valence-electron chi connectivity index (χ1n) is 6.73. The number of hydrogen-bond acceptors (Lipinski definition) is 3. The van der Waals surface area contributed by atoms with Gasteiger partial charge in [0.15, 0.2) is 0 Å². The van der Waals surface area contributed by atoms with E-state index in [9.17, 15) is 9.50 Å². The van der Waals surface area contributed by atoms with Gasteiger partial charge >= 0.3 is 0 Å². The molecule has 4 N–H and O–H groups in total. The van der Waals surface area contributed by atoms with E-state index >= 15 is 0 Å². The van der Waals surface area contributed by atoms with Gasteiger partial charge in [-0.05, 0) is 46.5 Å². The summed E-state index contributed by atoms with van der Waals surface area (Å²) in [5.41, 5.74) is 6.41. The summed E-state index contributed by atoms with van der Waals surface area (Å²) in [5, 5.41) is 12.9. The monoisotopic (exact) mass is 366 g/mol. The van der Waals surface area contributed by atoms with Crippen LogP contribution in [-0.4, -0.2) is 17.8 Å². The second-order valence-corrected chi connectivity index (χ2v) is 5.99. The van der Waals surface area contributed by atoms with Crippen molar-refractivity contribution < 1.29 is 9.50 Å². The highest BCUT2D eigenvalue weighted by molar-refractivity contribution is 9.10. The molecule has 0 saturated heterocycles. The fraction of sp³-hybridized carbons (Fsp3) is 0.571. The molecule has 1 aliphatic rings.